The van der Waals surface area contributed by atoms with Gasteiger partial charge in [0.1, 0.15) is 0 Å². The molecule has 0 radical (unpaired) electrons. The van der Waals surface area contributed by atoms with Gasteiger partial charge in [0.2, 0.25) is 0 Å². The molecule has 0 aliphatic rings. The van der Waals surface area contributed by atoms with Crippen LogP contribution in [0.15, 0.2) is 0 Å². The van der Waals surface area contributed by atoms with Crippen LogP contribution < -0.4 is 12.4 Å². The second-order valence-electron chi connectivity index (χ2n) is 6.24. The van der Waals surface area contributed by atoms with Crippen LogP contribution in [0.4, 0.5) is 0 Å². The Morgan fingerprint density at radius 3 is 1.28 bits per heavy atom. The lowest BCUT2D eigenvalue weighted by Gasteiger charge is -2.23. The Hall–Kier alpha value is 0.540. The SMILES string of the molecule is C[N+](C)(C)CCCCCCCCCCCCCl.[Cl-]. The van der Waals surface area contributed by atoms with Crippen LogP contribution in [-0.2, 0) is 0 Å². The molecule has 0 aromatic rings. The third kappa shape index (κ3) is 18.9. The number of halogens is 2. The van der Waals surface area contributed by atoms with Gasteiger partial charge < -0.3 is 16.9 Å². The molecule has 18 heavy (non-hydrogen) atoms. The number of rotatable bonds is 12. The molecule has 0 atom stereocenters. The van der Waals surface area contributed by atoms with E-state index in [9.17, 15) is 0 Å². The summed E-state index contributed by atoms with van der Waals surface area (Å²) in [5.74, 6) is 0.840. The first-order valence-corrected chi connectivity index (χ1v) is 7.96. The summed E-state index contributed by atoms with van der Waals surface area (Å²) in [5.41, 5.74) is 0. The maximum absolute atomic E-state index is 5.64. The van der Waals surface area contributed by atoms with E-state index in [-0.39, 0.29) is 12.4 Å². The smallest absolute Gasteiger partial charge is 0.0780 e. The maximum atomic E-state index is 5.64. The summed E-state index contributed by atoms with van der Waals surface area (Å²) in [5, 5.41) is 0. The van der Waals surface area contributed by atoms with Gasteiger partial charge in [-0.1, -0.05) is 44.9 Å². The van der Waals surface area contributed by atoms with Crippen molar-refractivity contribution in [3.63, 3.8) is 0 Å². The van der Waals surface area contributed by atoms with Crippen LogP contribution in [0.5, 0.6) is 0 Å². The molecule has 0 aliphatic heterocycles. The fourth-order valence-corrected chi connectivity index (χ4v) is 2.28. The van der Waals surface area contributed by atoms with Crippen LogP contribution in [-0.4, -0.2) is 38.1 Å². The van der Waals surface area contributed by atoms with Gasteiger partial charge in [-0.05, 0) is 19.3 Å². The molecule has 0 heterocycles. The summed E-state index contributed by atoms with van der Waals surface area (Å²) in [6.07, 6.45) is 13.9. The average Bonchev–Trinajstić information content (AvgIpc) is 2.24. The lowest BCUT2D eigenvalue weighted by Crippen LogP contribution is -3.00. The van der Waals surface area contributed by atoms with Crippen LogP contribution >= 0.6 is 11.6 Å². The topological polar surface area (TPSA) is 0 Å². The number of hydrogen-bond acceptors (Lipinski definition) is 0. The Morgan fingerprint density at radius 2 is 0.944 bits per heavy atom. The lowest BCUT2D eigenvalue weighted by atomic mass is 10.1. The lowest BCUT2D eigenvalue weighted by molar-refractivity contribution is -0.870. The van der Waals surface area contributed by atoms with E-state index in [1.54, 1.807) is 0 Å². The molecule has 0 fully saturated rings. The predicted molar refractivity (Wildman–Crippen MR) is 79.8 cm³/mol. The van der Waals surface area contributed by atoms with Gasteiger partial charge in [0.05, 0.1) is 27.7 Å². The maximum Gasteiger partial charge on any atom is 0.0780 e. The minimum Gasteiger partial charge on any atom is -1.00 e. The van der Waals surface area contributed by atoms with E-state index in [1.807, 2.05) is 0 Å². The van der Waals surface area contributed by atoms with Gasteiger partial charge in [0, 0.05) is 5.88 Å². The van der Waals surface area contributed by atoms with Crippen LogP contribution in [0, 0.1) is 0 Å². The number of quaternary nitrogens is 1. The van der Waals surface area contributed by atoms with E-state index in [1.165, 1.54) is 70.8 Å². The predicted octanol–water partition coefficient (Wildman–Crippen LogP) is 1.84. The quantitative estimate of drug-likeness (QED) is 0.293. The minimum atomic E-state index is 0. The van der Waals surface area contributed by atoms with Crippen LogP contribution in [0.1, 0.15) is 64.2 Å². The van der Waals surface area contributed by atoms with Gasteiger partial charge in [0.15, 0.2) is 0 Å². The number of nitrogens with zero attached hydrogens (tertiary/aromatic N) is 1. The van der Waals surface area contributed by atoms with Crippen molar-refractivity contribution in [1.29, 1.82) is 0 Å². The van der Waals surface area contributed by atoms with Crippen molar-refractivity contribution in [2.75, 3.05) is 33.6 Å². The van der Waals surface area contributed by atoms with Gasteiger partial charge in [-0.2, -0.15) is 0 Å². The zero-order chi connectivity index (χ0) is 13.0. The van der Waals surface area contributed by atoms with Crippen molar-refractivity contribution in [1.82, 2.24) is 0 Å². The fourth-order valence-electron chi connectivity index (χ4n) is 2.09. The van der Waals surface area contributed by atoms with Crippen LogP contribution in [0.2, 0.25) is 0 Å². The standard InChI is InChI=1S/C15H33ClN.ClH/c1-17(2,3)15-13-11-9-7-5-4-6-8-10-12-14-16;/h4-15H2,1-3H3;1H/q+1;/p-1. The monoisotopic (exact) mass is 297 g/mol. The molecule has 0 bridgehead atoms. The van der Waals surface area contributed by atoms with E-state index in [4.69, 9.17) is 11.6 Å². The summed E-state index contributed by atoms with van der Waals surface area (Å²) >= 11 is 5.64. The van der Waals surface area contributed by atoms with Crippen LogP contribution in [0.25, 0.3) is 0 Å². The molecule has 1 nitrogen and oxygen atoms in total. The molecule has 0 aromatic heterocycles. The summed E-state index contributed by atoms with van der Waals surface area (Å²) in [4.78, 5) is 0. The molecule has 0 amide bonds. The first kappa shape index (κ1) is 20.8. The molecule has 0 saturated heterocycles. The molecular weight excluding hydrogens is 265 g/mol. The molecule has 0 unspecified atom stereocenters. The highest BCUT2D eigenvalue weighted by Crippen LogP contribution is 2.11. The average molecular weight is 298 g/mol. The highest BCUT2D eigenvalue weighted by molar-refractivity contribution is 6.17. The van der Waals surface area contributed by atoms with Crippen molar-refractivity contribution >= 4 is 11.6 Å². The van der Waals surface area contributed by atoms with E-state index in [2.05, 4.69) is 21.1 Å². The molecule has 112 valence electrons. The van der Waals surface area contributed by atoms with Crippen molar-refractivity contribution in [2.24, 2.45) is 0 Å². The Morgan fingerprint density at radius 1 is 0.611 bits per heavy atom. The Balaban J connectivity index is 0. The van der Waals surface area contributed by atoms with E-state index in [0.717, 1.165) is 10.4 Å². The summed E-state index contributed by atoms with van der Waals surface area (Å²) in [6, 6.07) is 0. The van der Waals surface area contributed by atoms with Gasteiger partial charge in [-0.3, -0.25) is 0 Å². The summed E-state index contributed by atoms with van der Waals surface area (Å²) in [6.45, 7) is 1.32. The fraction of sp³-hybridized carbons (Fsp3) is 1.00. The van der Waals surface area contributed by atoms with Gasteiger partial charge in [-0.25, -0.2) is 0 Å². The van der Waals surface area contributed by atoms with E-state index < -0.39 is 0 Å². The second kappa shape index (κ2) is 14.0. The molecule has 0 spiro atoms. The number of unbranched alkanes of at least 4 members (excludes halogenated alkanes) is 9. The molecule has 0 aromatic carbocycles. The van der Waals surface area contributed by atoms with E-state index >= 15 is 0 Å². The zero-order valence-electron chi connectivity index (χ0n) is 12.7. The van der Waals surface area contributed by atoms with Gasteiger partial charge in [0.25, 0.3) is 0 Å². The van der Waals surface area contributed by atoms with Crippen LogP contribution in [0.3, 0.4) is 0 Å². The highest BCUT2D eigenvalue weighted by Gasteiger charge is 2.04. The number of hydrogen-bond donors (Lipinski definition) is 0. The summed E-state index contributed by atoms with van der Waals surface area (Å²) < 4.78 is 1.11. The zero-order valence-corrected chi connectivity index (χ0v) is 14.2. The van der Waals surface area contributed by atoms with Gasteiger partial charge >= 0.3 is 0 Å². The Kier molecular flexibility index (Phi) is 16.2. The first-order chi connectivity index (χ1) is 8.06. The van der Waals surface area contributed by atoms with Gasteiger partial charge in [-0.15, -0.1) is 11.6 Å². The largest absolute Gasteiger partial charge is 1.00 e. The second-order valence-corrected chi connectivity index (χ2v) is 6.62. The molecule has 0 saturated carbocycles. The first-order valence-electron chi connectivity index (χ1n) is 7.43. The Bertz CT molecular complexity index is 155. The molecule has 3 heteroatoms. The van der Waals surface area contributed by atoms with Crippen molar-refractivity contribution < 1.29 is 16.9 Å². The molecule has 0 N–H and O–H groups in total. The number of alkyl halides is 1. The molecule has 0 rings (SSSR count). The van der Waals surface area contributed by atoms with Crippen molar-refractivity contribution in [2.45, 2.75) is 64.2 Å². The third-order valence-electron chi connectivity index (χ3n) is 3.21. The summed E-state index contributed by atoms with van der Waals surface area (Å²) in [7, 11) is 6.84. The van der Waals surface area contributed by atoms with E-state index in [0.29, 0.717) is 0 Å². The third-order valence-corrected chi connectivity index (χ3v) is 3.48. The minimum absolute atomic E-state index is 0. The normalized spacial score (nSPS) is 11.3. The highest BCUT2D eigenvalue weighted by atomic mass is 35.5. The molecular formula is C15H33Cl2N. The van der Waals surface area contributed by atoms with Crippen molar-refractivity contribution in [3.05, 3.63) is 0 Å². The molecule has 0 aliphatic carbocycles. The Labute approximate surface area is 126 Å². The van der Waals surface area contributed by atoms with Crippen molar-refractivity contribution in [3.8, 4) is 0 Å².